The highest BCUT2D eigenvalue weighted by Crippen LogP contribution is 2.17. The van der Waals surface area contributed by atoms with Gasteiger partial charge in [0, 0.05) is 17.9 Å². The van der Waals surface area contributed by atoms with Crippen molar-refractivity contribution >= 4 is 28.3 Å². The van der Waals surface area contributed by atoms with E-state index in [1.807, 2.05) is 12.1 Å². The molecule has 2 heterocycles. The first-order chi connectivity index (χ1) is 14.5. The quantitative estimate of drug-likeness (QED) is 0.527. The van der Waals surface area contributed by atoms with Crippen molar-refractivity contribution in [3.05, 3.63) is 68.8 Å². The number of rotatable bonds is 8. The number of aromatic nitrogens is 3. The summed E-state index contributed by atoms with van der Waals surface area (Å²) in [6.07, 6.45) is 0.372. The average molecular weight is 428 g/mol. The Morgan fingerprint density at radius 1 is 1.20 bits per heavy atom. The monoisotopic (exact) mass is 428 g/mol. The number of aromatic amines is 1. The molecule has 0 aliphatic rings. The second kappa shape index (κ2) is 9.79. The molecule has 2 aromatic heterocycles. The van der Waals surface area contributed by atoms with E-state index in [1.165, 1.54) is 11.3 Å². The number of amides is 1. The van der Waals surface area contributed by atoms with Gasteiger partial charge in [-0.15, -0.1) is 11.3 Å². The number of H-pyrrole nitrogens is 1. The number of nitrogens with zero attached hydrogens (tertiary/aromatic N) is 2. The third kappa shape index (κ3) is 5.74. The number of carbonyl (C=O) groups is 2. The second-order valence-corrected chi connectivity index (χ2v) is 7.04. The van der Waals surface area contributed by atoms with Crippen molar-refractivity contribution in [3.8, 4) is 5.75 Å². The zero-order valence-electron chi connectivity index (χ0n) is 16.4. The van der Waals surface area contributed by atoms with Crippen molar-refractivity contribution in [2.75, 3.05) is 19.0 Å². The fraction of sp³-hybridized carbons (Fsp3) is 0.250. The van der Waals surface area contributed by atoms with Crippen LogP contribution >= 0.6 is 11.3 Å². The number of anilines is 1. The molecule has 9 nitrogen and oxygen atoms in total. The summed E-state index contributed by atoms with van der Waals surface area (Å²) in [7, 11) is 1.58. The van der Waals surface area contributed by atoms with Crippen molar-refractivity contribution in [2.24, 2.45) is 0 Å². The van der Waals surface area contributed by atoms with E-state index < -0.39 is 11.5 Å². The number of thiazole rings is 1. The molecule has 3 rings (SSSR count). The molecule has 1 aromatic carbocycles. The van der Waals surface area contributed by atoms with Crippen LogP contribution in [0.15, 0.2) is 40.5 Å². The molecular formula is C20H20N4O5S. The number of esters is 1. The molecule has 0 aliphatic heterocycles. The average Bonchev–Trinajstić information content (AvgIpc) is 3.15. The van der Waals surface area contributed by atoms with Crippen molar-refractivity contribution in [3.63, 3.8) is 0 Å². The lowest BCUT2D eigenvalue weighted by Gasteiger charge is -2.06. The van der Waals surface area contributed by atoms with Crippen LogP contribution in [0.1, 0.15) is 34.5 Å². The number of hydrogen-bond donors (Lipinski definition) is 2. The predicted molar refractivity (Wildman–Crippen MR) is 111 cm³/mol. The Hall–Kier alpha value is -3.53. The normalized spacial score (nSPS) is 10.5. The molecule has 0 spiro atoms. The smallest absolute Gasteiger partial charge is 0.311 e. The summed E-state index contributed by atoms with van der Waals surface area (Å²) < 4.78 is 10.0. The molecule has 0 bridgehead atoms. The minimum atomic E-state index is -0.561. The Bertz CT molecular complexity index is 1090. The molecule has 0 aliphatic carbocycles. The molecule has 10 heteroatoms. The number of nitrogens with one attached hydrogen (secondary N) is 2. The van der Waals surface area contributed by atoms with E-state index >= 15 is 0 Å². The summed E-state index contributed by atoms with van der Waals surface area (Å²) in [5.74, 6) is 0.133. The molecule has 0 saturated carbocycles. The predicted octanol–water partition coefficient (Wildman–Crippen LogP) is 2.18. The molecule has 0 atom stereocenters. The highest BCUT2D eigenvalue weighted by molar-refractivity contribution is 7.14. The van der Waals surface area contributed by atoms with Crippen molar-refractivity contribution < 1.29 is 19.1 Å². The molecule has 0 radical (unpaired) electrons. The van der Waals surface area contributed by atoms with Crippen LogP contribution in [0.25, 0.3) is 0 Å². The van der Waals surface area contributed by atoms with E-state index in [9.17, 15) is 14.4 Å². The van der Waals surface area contributed by atoms with Crippen LogP contribution in [0.5, 0.6) is 5.75 Å². The Labute approximate surface area is 176 Å². The van der Waals surface area contributed by atoms with Gasteiger partial charge in [-0.2, -0.15) is 0 Å². The first kappa shape index (κ1) is 21.2. The molecule has 0 fully saturated rings. The molecule has 30 heavy (non-hydrogen) atoms. The van der Waals surface area contributed by atoms with Crippen LogP contribution in [0.4, 0.5) is 5.13 Å². The summed E-state index contributed by atoms with van der Waals surface area (Å²) in [6, 6.07) is 8.44. The van der Waals surface area contributed by atoms with Gasteiger partial charge in [0.1, 0.15) is 17.3 Å². The van der Waals surface area contributed by atoms with E-state index in [2.05, 4.69) is 20.3 Å². The fourth-order valence-corrected chi connectivity index (χ4v) is 3.32. The van der Waals surface area contributed by atoms with E-state index in [0.717, 1.165) is 17.4 Å². The van der Waals surface area contributed by atoms with Gasteiger partial charge in [-0.25, -0.2) is 9.97 Å². The Morgan fingerprint density at radius 2 is 1.97 bits per heavy atom. The summed E-state index contributed by atoms with van der Waals surface area (Å²) in [5.41, 5.74) is 0.943. The van der Waals surface area contributed by atoms with Gasteiger partial charge in [-0.3, -0.25) is 19.7 Å². The van der Waals surface area contributed by atoms with Crippen molar-refractivity contribution in [2.45, 2.75) is 19.8 Å². The third-order valence-corrected chi connectivity index (χ3v) is 4.76. The van der Waals surface area contributed by atoms with Crippen LogP contribution in [-0.2, 0) is 22.4 Å². The van der Waals surface area contributed by atoms with Gasteiger partial charge in [0.05, 0.1) is 25.8 Å². The maximum absolute atomic E-state index is 12.5. The topological polar surface area (TPSA) is 123 Å². The minimum absolute atomic E-state index is 0.0233. The first-order valence-corrected chi connectivity index (χ1v) is 9.99. The standard InChI is InChI=1S/C20H20N4O5S/c1-3-29-18(26)9-13-11-30-20(21-13)24-19(27)15-10-17(25)23-16(22-15)8-12-4-6-14(28-2)7-5-12/h4-7,10-11H,3,8-9H2,1-2H3,(H,21,24,27)(H,22,23,25). The highest BCUT2D eigenvalue weighted by Gasteiger charge is 2.14. The largest absolute Gasteiger partial charge is 0.497 e. The van der Waals surface area contributed by atoms with E-state index in [1.54, 1.807) is 31.5 Å². The Kier molecular flexibility index (Phi) is 6.91. The van der Waals surface area contributed by atoms with Gasteiger partial charge >= 0.3 is 5.97 Å². The summed E-state index contributed by atoms with van der Waals surface area (Å²) in [5, 5.41) is 4.57. The lowest BCUT2D eigenvalue weighted by Crippen LogP contribution is -2.20. The van der Waals surface area contributed by atoms with Crippen molar-refractivity contribution in [1.82, 2.24) is 15.0 Å². The summed E-state index contributed by atoms with van der Waals surface area (Å²) in [6.45, 7) is 2.02. The van der Waals surface area contributed by atoms with Crippen LogP contribution in [-0.4, -0.2) is 40.5 Å². The number of hydrogen-bond acceptors (Lipinski definition) is 8. The zero-order chi connectivity index (χ0) is 21.5. The zero-order valence-corrected chi connectivity index (χ0v) is 17.2. The molecule has 2 N–H and O–H groups in total. The Balaban J connectivity index is 1.69. The molecular weight excluding hydrogens is 408 g/mol. The molecule has 3 aromatic rings. The molecule has 0 saturated heterocycles. The minimum Gasteiger partial charge on any atom is -0.497 e. The summed E-state index contributed by atoms with van der Waals surface area (Å²) in [4.78, 5) is 47.1. The van der Waals surface area contributed by atoms with Gasteiger partial charge < -0.3 is 14.5 Å². The number of ether oxygens (including phenoxy) is 2. The SMILES string of the molecule is CCOC(=O)Cc1csc(NC(=O)c2cc(=O)[nH]c(Cc3ccc(OC)cc3)n2)n1. The van der Waals surface area contributed by atoms with E-state index in [4.69, 9.17) is 9.47 Å². The third-order valence-electron chi connectivity index (χ3n) is 3.96. The maximum atomic E-state index is 12.5. The number of methoxy groups -OCH3 is 1. The fourth-order valence-electron chi connectivity index (χ4n) is 2.61. The highest BCUT2D eigenvalue weighted by atomic mass is 32.1. The lowest BCUT2D eigenvalue weighted by molar-refractivity contribution is -0.142. The molecule has 156 valence electrons. The van der Waals surface area contributed by atoms with E-state index in [-0.39, 0.29) is 18.1 Å². The van der Waals surface area contributed by atoms with Gasteiger partial charge in [-0.05, 0) is 24.6 Å². The van der Waals surface area contributed by atoms with Gasteiger partial charge in [0.15, 0.2) is 5.13 Å². The maximum Gasteiger partial charge on any atom is 0.311 e. The van der Waals surface area contributed by atoms with Crippen LogP contribution < -0.4 is 15.6 Å². The van der Waals surface area contributed by atoms with Gasteiger partial charge in [-0.1, -0.05) is 12.1 Å². The van der Waals surface area contributed by atoms with Gasteiger partial charge in [0.25, 0.3) is 11.5 Å². The van der Waals surface area contributed by atoms with E-state index in [0.29, 0.717) is 29.7 Å². The second-order valence-electron chi connectivity index (χ2n) is 6.18. The molecule has 1 amide bonds. The van der Waals surface area contributed by atoms with Crippen molar-refractivity contribution in [1.29, 1.82) is 0 Å². The van der Waals surface area contributed by atoms with Crippen LogP contribution in [0, 0.1) is 0 Å². The number of benzene rings is 1. The van der Waals surface area contributed by atoms with Crippen LogP contribution in [0.2, 0.25) is 0 Å². The first-order valence-electron chi connectivity index (χ1n) is 9.11. The summed E-state index contributed by atoms with van der Waals surface area (Å²) >= 11 is 1.17. The lowest BCUT2D eigenvalue weighted by atomic mass is 10.1. The number of carbonyl (C=O) groups excluding carboxylic acids is 2. The van der Waals surface area contributed by atoms with Crippen LogP contribution in [0.3, 0.4) is 0 Å². The van der Waals surface area contributed by atoms with Gasteiger partial charge in [0.2, 0.25) is 0 Å². The molecule has 0 unspecified atom stereocenters. The Morgan fingerprint density at radius 3 is 2.67 bits per heavy atom.